The predicted octanol–water partition coefficient (Wildman–Crippen LogP) is 2.32. The van der Waals surface area contributed by atoms with Gasteiger partial charge in [-0.2, -0.15) is 0 Å². The molecule has 1 aliphatic carbocycles. The van der Waals surface area contributed by atoms with Crippen molar-refractivity contribution >= 4 is 11.9 Å². The maximum Gasteiger partial charge on any atom is 0.335 e. The van der Waals surface area contributed by atoms with E-state index in [1.807, 2.05) is 0 Å². The summed E-state index contributed by atoms with van der Waals surface area (Å²) in [6, 6.07) is 6.08. The first-order chi connectivity index (χ1) is 10.1. The minimum absolute atomic E-state index is 0.0226. The van der Waals surface area contributed by atoms with E-state index in [-0.39, 0.29) is 16.9 Å². The summed E-state index contributed by atoms with van der Waals surface area (Å²) in [7, 11) is 1.68. The van der Waals surface area contributed by atoms with Gasteiger partial charge in [0, 0.05) is 24.6 Å². The summed E-state index contributed by atoms with van der Waals surface area (Å²) in [6.45, 7) is 1.21. The summed E-state index contributed by atoms with van der Waals surface area (Å²) in [5.41, 5.74) is 0.519. The smallest absolute Gasteiger partial charge is 0.335 e. The van der Waals surface area contributed by atoms with Crippen molar-refractivity contribution in [3.8, 4) is 0 Å². The number of carbonyl (C=O) groups is 2. The Morgan fingerprint density at radius 3 is 2.57 bits per heavy atom. The molecule has 0 aromatic heterocycles. The van der Waals surface area contributed by atoms with Crippen LogP contribution in [0.25, 0.3) is 0 Å². The number of carbonyl (C=O) groups excluding carboxylic acids is 1. The van der Waals surface area contributed by atoms with Gasteiger partial charge in [-0.3, -0.25) is 4.79 Å². The third-order valence-electron chi connectivity index (χ3n) is 4.11. The number of benzene rings is 1. The summed E-state index contributed by atoms with van der Waals surface area (Å²) in [4.78, 5) is 23.1. The Bertz CT molecular complexity index is 521. The molecule has 5 heteroatoms. The highest BCUT2D eigenvalue weighted by molar-refractivity contribution is 5.97. The van der Waals surface area contributed by atoms with Crippen molar-refractivity contribution in [3.63, 3.8) is 0 Å². The van der Waals surface area contributed by atoms with Gasteiger partial charge in [-0.15, -0.1) is 0 Å². The van der Waals surface area contributed by atoms with Gasteiger partial charge in [0.05, 0.1) is 12.2 Å². The zero-order valence-corrected chi connectivity index (χ0v) is 12.2. The molecular formula is C16H21NO4. The highest BCUT2D eigenvalue weighted by atomic mass is 16.5. The summed E-state index contributed by atoms with van der Waals surface area (Å²) in [5.74, 6) is -1.27. The molecule has 1 aromatic carbocycles. The van der Waals surface area contributed by atoms with Crippen LogP contribution in [0.2, 0.25) is 0 Å². The van der Waals surface area contributed by atoms with Crippen LogP contribution in [-0.2, 0) is 4.74 Å². The van der Waals surface area contributed by atoms with Crippen molar-refractivity contribution in [3.05, 3.63) is 35.4 Å². The van der Waals surface area contributed by atoms with Crippen LogP contribution in [0, 0.1) is 5.41 Å². The highest BCUT2D eigenvalue weighted by Gasteiger charge is 2.34. The Labute approximate surface area is 124 Å². The molecule has 0 bridgehead atoms. The molecule has 0 heterocycles. The molecule has 0 unspecified atom stereocenters. The first kappa shape index (κ1) is 15.5. The molecule has 1 aromatic rings. The van der Waals surface area contributed by atoms with Crippen molar-refractivity contribution in [1.82, 2.24) is 5.32 Å². The zero-order chi connectivity index (χ0) is 15.3. The molecule has 5 nitrogen and oxygen atoms in total. The van der Waals surface area contributed by atoms with Gasteiger partial charge in [0.25, 0.3) is 5.91 Å². The third-order valence-corrected chi connectivity index (χ3v) is 4.11. The minimum atomic E-state index is -1.03. The van der Waals surface area contributed by atoms with E-state index in [2.05, 4.69) is 5.32 Å². The molecule has 114 valence electrons. The molecule has 0 atom stereocenters. The summed E-state index contributed by atoms with van der Waals surface area (Å²) in [6.07, 6.45) is 4.42. The lowest BCUT2D eigenvalue weighted by molar-refractivity contribution is 0.0697. The second-order valence-electron chi connectivity index (χ2n) is 5.71. The van der Waals surface area contributed by atoms with Gasteiger partial charge in [0.15, 0.2) is 0 Å². The van der Waals surface area contributed by atoms with Crippen LogP contribution in [-0.4, -0.2) is 37.2 Å². The Kier molecular flexibility index (Phi) is 4.96. The second kappa shape index (κ2) is 6.72. The van der Waals surface area contributed by atoms with Crippen molar-refractivity contribution in [2.24, 2.45) is 5.41 Å². The lowest BCUT2D eigenvalue weighted by atomic mass is 9.87. The van der Waals surface area contributed by atoms with Crippen LogP contribution in [0.3, 0.4) is 0 Å². The van der Waals surface area contributed by atoms with Crippen LogP contribution in [0.15, 0.2) is 24.3 Å². The maximum absolute atomic E-state index is 12.2. The topological polar surface area (TPSA) is 75.6 Å². The molecule has 0 saturated heterocycles. The number of hydrogen-bond acceptors (Lipinski definition) is 3. The quantitative estimate of drug-likeness (QED) is 0.843. The van der Waals surface area contributed by atoms with E-state index >= 15 is 0 Å². The number of aromatic carboxylic acids is 1. The van der Waals surface area contributed by atoms with E-state index in [9.17, 15) is 9.59 Å². The molecule has 21 heavy (non-hydrogen) atoms. The standard InChI is InChI=1S/C16H21NO4/c1-21-11-16(7-2-3-8-16)10-17-14(18)12-5-4-6-13(9-12)15(19)20/h4-6,9H,2-3,7-8,10-11H2,1H3,(H,17,18)(H,19,20). The van der Waals surface area contributed by atoms with Crippen LogP contribution in [0.1, 0.15) is 46.4 Å². The first-order valence-corrected chi connectivity index (χ1v) is 7.17. The van der Waals surface area contributed by atoms with Crippen LogP contribution < -0.4 is 5.32 Å². The molecule has 1 aliphatic rings. The highest BCUT2D eigenvalue weighted by Crippen LogP contribution is 2.37. The molecule has 0 spiro atoms. The predicted molar refractivity (Wildman–Crippen MR) is 78.5 cm³/mol. The molecule has 1 saturated carbocycles. The van der Waals surface area contributed by atoms with E-state index in [4.69, 9.17) is 9.84 Å². The Morgan fingerprint density at radius 2 is 1.95 bits per heavy atom. The SMILES string of the molecule is COCC1(CNC(=O)c2cccc(C(=O)O)c2)CCCC1. The fourth-order valence-electron chi connectivity index (χ4n) is 2.97. The number of hydrogen-bond donors (Lipinski definition) is 2. The van der Waals surface area contributed by atoms with Gasteiger partial charge >= 0.3 is 5.97 Å². The monoisotopic (exact) mass is 291 g/mol. The number of methoxy groups -OCH3 is 1. The number of amides is 1. The first-order valence-electron chi connectivity index (χ1n) is 7.17. The Morgan fingerprint density at radius 1 is 1.29 bits per heavy atom. The minimum Gasteiger partial charge on any atom is -0.478 e. The molecule has 2 rings (SSSR count). The fourth-order valence-corrected chi connectivity index (χ4v) is 2.97. The van der Waals surface area contributed by atoms with Crippen molar-refractivity contribution < 1.29 is 19.4 Å². The van der Waals surface area contributed by atoms with Crippen molar-refractivity contribution in [2.45, 2.75) is 25.7 Å². The average Bonchev–Trinajstić information content (AvgIpc) is 2.94. The maximum atomic E-state index is 12.2. The van der Waals surface area contributed by atoms with Crippen LogP contribution in [0.4, 0.5) is 0 Å². The summed E-state index contributed by atoms with van der Waals surface area (Å²) < 4.78 is 5.29. The van der Waals surface area contributed by atoms with E-state index in [1.165, 1.54) is 12.1 Å². The summed E-state index contributed by atoms with van der Waals surface area (Å²) >= 11 is 0. The number of rotatable bonds is 6. The molecule has 1 amide bonds. The lowest BCUT2D eigenvalue weighted by Crippen LogP contribution is -2.38. The van der Waals surface area contributed by atoms with Gasteiger partial charge in [0.2, 0.25) is 0 Å². The van der Waals surface area contributed by atoms with E-state index in [0.717, 1.165) is 25.7 Å². The summed E-state index contributed by atoms with van der Waals surface area (Å²) in [5, 5.41) is 11.9. The third kappa shape index (κ3) is 3.82. The number of nitrogens with one attached hydrogen (secondary N) is 1. The van der Waals surface area contributed by atoms with E-state index < -0.39 is 5.97 Å². The molecule has 0 radical (unpaired) electrons. The Balaban J connectivity index is 2.01. The van der Waals surface area contributed by atoms with Gasteiger partial charge in [-0.05, 0) is 31.0 Å². The normalized spacial score (nSPS) is 16.6. The van der Waals surface area contributed by atoms with Crippen molar-refractivity contribution in [1.29, 1.82) is 0 Å². The van der Waals surface area contributed by atoms with Crippen molar-refractivity contribution in [2.75, 3.05) is 20.3 Å². The number of carboxylic acid groups (broad SMARTS) is 1. The molecule has 2 N–H and O–H groups in total. The van der Waals surface area contributed by atoms with Gasteiger partial charge in [-0.1, -0.05) is 18.9 Å². The van der Waals surface area contributed by atoms with E-state index in [0.29, 0.717) is 18.7 Å². The molecular weight excluding hydrogens is 270 g/mol. The fraction of sp³-hybridized carbons (Fsp3) is 0.500. The number of ether oxygens (including phenoxy) is 1. The Hall–Kier alpha value is -1.88. The molecule has 0 aliphatic heterocycles. The van der Waals surface area contributed by atoms with Gasteiger partial charge < -0.3 is 15.2 Å². The molecule has 1 fully saturated rings. The largest absolute Gasteiger partial charge is 0.478 e. The second-order valence-corrected chi connectivity index (χ2v) is 5.71. The van der Waals surface area contributed by atoms with Gasteiger partial charge in [0.1, 0.15) is 0 Å². The zero-order valence-electron chi connectivity index (χ0n) is 12.2. The number of carboxylic acids is 1. The van der Waals surface area contributed by atoms with Crippen LogP contribution >= 0.6 is 0 Å². The average molecular weight is 291 g/mol. The van der Waals surface area contributed by atoms with Crippen LogP contribution in [0.5, 0.6) is 0 Å². The lowest BCUT2D eigenvalue weighted by Gasteiger charge is -2.28. The van der Waals surface area contributed by atoms with Gasteiger partial charge in [-0.25, -0.2) is 4.79 Å². The van der Waals surface area contributed by atoms with E-state index in [1.54, 1.807) is 19.2 Å².